The highest BCUT2D eigenvalue weighted by Crippen LogP contribution is 2.27. The normalized spacial score (nSPS) is 10.1. The molecule has 0 amide bonds. The number of unbranched alkanes of at least 4 members (excludes halogenated alkanes) is 1. The third-order valence-electron chi connectivity index (χ3n) is 0.994. The number of hydrogen-bond acceptors (Lipinski definition) is 2. The van der Waals surface area contributed by atoms with Gasteiger partial charge in [-0.15, -0.1) is 0 Å². The molecule has 0 radical (unpaired) electrons. The summed E-state index contributed by atoms with van der Waals surface area (Å²) in [6.45, 7) is 4.03. The average Bonchev–Trinajstić information content (AvgIpc) is 2.05. The Morgan fingerprint density at radius 2 is 1.86 bits per heavy atom. The van der Waals surface area contributed by atoms with Crippen molar-refractivity contribution in [2.45, 2.75) is 30.5 Å². The summed E-state index contributed by atoms with van der Waals surface area (Å²) in [6, 6.07) is 0. The Bertz CT molecular complexity index is 146. The molecule has 0 aromatic rings. The molecule has 0 bridgehead atoms. The summed E-state index contributed by atoms with van der Waals surface area (Å²) in [4.78, 5) is 10.4. The van der Waals surface area contributed by atoms with E-state index >= 15 is 0 Å². The number of ether oxygens (including phenoxy) is 1. The fourth-order valence-corrected chi connectivity index (χ4v) is 1.07. The molecular weight excluding hydrogens is 314 g/mol. The van der Waals surface area contributed by atoms with Gasteiger partial charge in [0.25, 0.3) is 3.79 Å². The van der Waals surface area contributed by atoms with Crippen LogP contribution < -0.4 is 0 Å². The third-order valence-corrected chi connectivity index (χ3v) is 2.02. The maximum atomic E-state index is 10.4. The molecule has 0 heterocycles. The molecule has 0 saturated heterocycles. The highest BCUT2D eigenvalue weighted by Gasteiger charge is 2.31. The van der Waals surface area contributed by atoms with Crippen molar-refractivity contribution in [1.82, 2.24) is 0 Å². The van der Waals surface area contributed by atoms with Gasteiger partial charge in [-0.25, -0.2) is 4.79 Å². The first-order valence-corrected chi connectivity index (χ1v) is 6.45. The predicted octanol–water partition coefficient (Wildman–Crippen LogP) is 4.10. The predicted molar refractivity (Wildman–Crippen MR) is 65.6 cm³/mol. The average molecular weight is 328 g/mol. The van der Waals surface area contributed by atoms with E-state index in [1.165, 1.54) is 12.8 Å². The third kappa shape index (κ3) is 12.8. The lowest BCUT2D eigenvalue weighted by atomic mass is 10.4. The van der Waals surface area contributed by atoms with Crippen LogP contribution in [-0.4, -0.2) is 21.7 Å². The molecule has 0 aromatic heterocycles. The van der Waals surface area contributed by atoms with Gasteiger partial charge < -0.3 is 4.74 Å². The molecule has 0 aromatic carbocycles. The van der Waals surface area contributed by atoms with Crippen molar-refractivity contribution in [3.05, 3.63) is 0 Å². The van der Waals surface area contributed by atoms with Crippen LogP contribution in [0.1, 0.15) is 26.7 Å². The number of alkyl halides is 4. The minimum Gasteiger partial charge on any atom is -0.463 e. The van der Waals surface area contributed by atoms with Gasteiger partial charge in [-0.1, -0.05) is 64.1 Å². The molecule has 6 heteroatoms. The van der Waals surface area contributed by atoms with Gasteiger partial charge in [0.15, 0.2) is 0 Å². The number of carbonyl (C=O) groups is 1. The minimum absolute atomic E-state index is 0.215. The second-order valence-electron chi connectivity index (χ2n) is 2.26. The number of halogens is 4. The van der Waals surface area contributed by atoms with Gasteiger partial charge in [0.2, 0.25) is 0 Å². The molecule has 0 aliphatic carbocycles. The monoisotopic (exact) mass is 326 g/mol. The molecule has 86 valence electrons. The molecule has 0 unspecified atom stereocenters. The maximum absolute atomic E-state index is 10.4. The van der Waals surface area contributed by atoms with Crippen molar-refractivity contribution >= 4 is 56.7 Å². The van der Waals surface area contributed by atoms with E-state index in [2.05, 4.69) is 27.6 Å². The van der Waals surface area contributed by atoms with E-state index < -0.39 is 9.76 Å². The summed E-state index contributed by atoms with van der Waals surface area (Å²) in [6.07, 6.45) is 2.60. The van der Waals surface area contributed by atoms with E-state index in [0.29, 0.717) is 0 Å². The molecule has 14 heavy (non-hydrogen) atoms. The Hall–Kier alpha value is 0.820. The van der Waals surface area contributed by atoms with E-state index in [1.54, 1.807) is 6.92 Å². The highest BCUT2D eigenvalue weighted by molar-refractivity contribution is 9.09. The molecule has 0 fully saturated rings. The first-order chi connectivity index (χ1) is 6.40. The van der Waals surface area contributed by atoms with Crippen LogP contribution in [0, 0.1) is 0 Å². The fourth-order valence-electron chi connectivity index (χ4n) is 0.347. The van der Waals surface area contributed by atoms with Crippen LogP contribution in [0.5, 0.6) is 0 Å². The molecule has 0 atom stereocenters. The summed E-state index contributed by atoms with van der Waals surface area (Å²) >= 11 is 18.7. The molecule has 0 spiro atoms. The highest BCUT2D eigenvalue weighted by atomic mass is 79.9. The molecule has 0 aliphatic heterocycles. The van der Waals surface area contributed by atoms with E-state index in [4.69, 9.17) is 34.8 Å². The van der Waals surface area contributed by atoms with Gasteiger partial charge >= 0.3 is 5.97 Å². The van der Waals surface area contributed by atoms with Crippen LogP contribution in [0.15, 0.2) is 0 Å². The zero-order chi connectivity index (χ0) is 11.6. The first-order valence-electron chi connectivity index (χ1n) is 4.20. The lowest BCUT2D eigenvalue weighted by molar-refractivity contribution is -0.141. The molecular formula is C8H14BrCl3O2. The van der Waals surface area contributed by atoms with Crippen LogP contribution in [0.3, 0.4) is 0 Å². The van der Waals surface area contributed by atoms with Gasteiger partial charge in [-0.2, -0.15) is 0 Å². The lowest BCUT2D eigenvalue weighted by Gasteiger charge is -2.07. The topological polar surface area (TPSA) is 26.3 Å². The van der Waals surface area contributed by atoms with Crippen LogP contribution in [0.25, 0.3) is 0 Å². The fraction of sp³-hybridized carbons (Fsp3) is 0.875. The van der Waals surface area contributed by atoms with Gasteiger partial charge in [0.1, 0.15) is 0 Å². The van der Waals surface area contributed by atoms with Crippen molar-refractivity contribution in [3.8, 4) is 0 Å². The second kappa shape index (κ2) is 10.3. The summed E-state index contributed by atoms with van der Waals surface area (Å²) in [5.74, 6) is -0.838. The quantitative estimate of drug-likeness (QED) is 0.576. The molecule has 0 aliphatic rings. The Morgan fingerprint density at radius 1 is 1.36 bits per heavy atom. The van der Waals surface area contributed by atoms with E-state index in [1.807, 2.05) is 0 Å². The standard InChI is InChI=1S/C4H9Br.C4H5Cl3O2/c1-2-3-4-5;1-2-9-3(8)4(5,6)7/h2-4H2,1H3;2H2,1H3. The zero-order valence-corrected chi connectivity index (χ0v) is 12.0. The SMILES string of the molecule is CCCCBr.CCOC(=O)C(Cl)(Cl)Cl. The summed E-state index contributed by atoms with van der Waals surface area (Å²) in [5.41, 5.74) is 0. The Balaban J connectivity index is 0. The number of carbonyl (C=O) groups excluding carboxylic acids is 1. The van der Waals surface area contributed by atoms with Crippen molar-refractivity contribution in [2.24, 2.45) is 0 Å². The van der Waals surface area contributed by atoms with Crippen LogP contribution >= 0.6 is 50.7 Å². The molecule has 0 N–H and O–H groups in total. The smallest absolute Gasteiger partial charge is 0.358 e. The van der Waals surface area contributed by atoms with E-state index in [9.17, 15) is 4.79 Å². The van der Waals surface area contributed by atoms with Crippen LogP contribution in [0.4, 0.5) is 0 Å². The number of hydrogen-bond donors (Lipinski definition) is 0. The Kier molecular flexibility index (Phi) is 12.7. The Morgan fingerprint density at radius 3 is 1.93 bits per heavy atom. The van der Waals surface area contributed by atoms with Crippen molar-refractivity contribution in [1.29, 1.82) is 0 Å². The summed E-state index contributed by atoms with van der Waals surface area (Å²) in [5, 5.41) is 1.16. The number of rotatable bonds is 3. The summed E-state index contributed by atoms with van der Waals surface area (Å²) < 4.78 is 2.44. The van der Waals surface area contributed by atoms with E-state index in [-0.39, 0.29) is 6.61 Å². The van der Waals surface area contributed by atoms with Crippen molar-refractivity contribution < 1.29 is 9.53 Å². The maximum Gasteiger partial charge on any atom is 0.358 e. The van der Waals surface area contributed by atoms with Crippen molar-refractivity contribution in [2.75, 3.05) is 11.9 Å². The Labute approximate surface area is 108 Å². The van der Waals surface area contributed by atoms with Crippen LogP contribution in [0.2, 0.25) is 0 Å². The van der Waals surface area contributed by atoms with Crippen molar-refractivity contribution in [3.63, 3.8) is 0 Å². The number of esters is 1. The molecule has 2 nitrogen and oxygen atoms in total. The first kappa shape index (κ1) is 17.2. The van der Waals surface area contributed by atoms with Gasteiger partial charge in [-0.3, -0.25) is 0 Å². The lowest BCUT2D eigenvalue weighted by Crippen LogP contribution is -2.21. The second-order valence-corrected chi connectivity index (χ2v) is 5.33. The van der Waals surface area contributed by atoms with Gasteiger partial charge in [0.05, 0.1) is 6.61 Å². The van der Waals surface area contributed by atoms with E-state index in [0.717, 1.165) is 5.33 Å². The zero-order valence-electron chi connectivity index (χ0n) is 8.16. The largest absolute Gasteiger partial charge is 0.463 e. The minimum atomic E-state index is -1.93. The van der Waals surface area contributed by atoms with Gasteiger partial charge in [0, 0.05) is 5.33 Å². The molecule has 0 saturated carbocycles. The van der Waals surface area contributed by atoms with Crippen LogP contribution in [-0.2, 0) is 9.53 Å². The van der Waals surface area contributed by atoms with Gasteiger partial charge in [-0.05, 0) is 13.3 Å². The summed E-state index contributed by atoms with van der Waals surface area (Å²) in [7, 11) is 0. The molecule has 0 rings (SSSR count).